The zero-order valence-electron chi connectivity index (χ0n) is 56.3. The van der Waals surface area contributed by atoms with Crippen molar-refractivity contribution in [2.24, 2.45) is 0 Å². The fourth-order valence-corrected chi connectivity index (χ4v) is 13.3. The van der Waals surface area contributed by atoms with Gasteiger partial charge < -0.3 is 61.6 Å². The number of aromatic hydroxyl groups is 2. The molecule has 6 aromatic carbocycles. The Bertz CT molecular complexity index is 3770. The van der Waals surface area contributed by atoms with E-state index in [4.69, 9.17) is 54.5 Å². The van der Waals surface area contributed by atoms with Gasteiger partial charge in [0.05, 0.1) is 56.9 Å². The number of methoxy groups -OCH3 is 1. The number of phenolic OH excluding ortho intramolecular Hbond substituents is 2. The molecule has 0 aliphatic carbocycles. The van der Waals surface area contributed by atoms with Crippen molar-refractivity contribution in [2.45, 2.75) is 155 Å². The van der Waals surface area contributed by atoms with Crippen molar-refractivity contribution in [3.8, 4) is 17.2 Å². The van der Waals surface area contributed by atoms with E-state index in [0.717, 1.165) is 177 Å². The van der Waals surface area contributed by atoms with Crippen LogP contribution in [-0.4, -0.2) is 106 Å². The summed E-state index contributed by atoms with van der Waals surface area (Å²) in [6.07, 6.45) is 6.52. The third-order valence-electron chi connectivity index (χ3n) is 17.2. The number of benzene rings is 6. The molecule has 94 heavy (non-hydrogen) atoms. The first-order chi connectivity index (χ1) is 44.9. The first-order valence-electron chi connectivity index (χ1n) is 33.2. The zero-order chi connectivity index (χ0) is 66.7. The van der Waals surface area contributed by atoms with Gasteiger partial charge in [-0.05, 0) is 190 Å². The van der Waals surface area contributed by atoms with Gasteiger partial charge in [-0.15, -0.1) is 0 Å². The molecule has 0 amide bonds. The Balaban J connectivity index is 0.000000154. The Morgan fingerprint density at radius 2 is 0.681 bits per heavy atom. The average Bonchev–Trinajstić information content (AvgIpc) is 0.804. The van der Waals surface area contributed by atoms with E-state index in [0.29, 0.717) is 37.8 Å². The van der Waals surface area contributed by atoms with Crippen LogP contribution in [0.1, 0.15) is 118 Å². The van der Waals surface area contributed by atoms with E-state index in [2.05, 4.69) is 133 Å². The molecule has 9 aromatic rings. The molecule has 18 heteroatoms. The average molecular weight is 1330 g/mol. The first-order valence-corrected chi connectivity index (χ1v) is 34.3. The molecule has 3 aliphatic rings. The standard InChI is InChI=1S/C26H33ClN4O.2C25H31ClN4O/c1-26(2,3)30-20-12-14-31(15-13-20)22-16-24(28-17-18-8-10-19(27)11-9-18)29-21-6-5-7-23(32-4)25(21)22;2*1-25(2,3)29-19-11-13-30(14-12-19)21-15-23(27-16-17-7-9-18(26)10-8-17)28-20-5-4-6-22(31)24(20)21/h5-11,16,20,30H,12-15,17H2,1-4H3,(H,28,29);2*4-10,15,19,29,31H,11-14,16H2,1-3H3,(H,27,28). The zero-order valence-corrected chi connectivity index (χ0v) is 58.6. The third kappa shape index (κ3) is 19.3. The molecule has 3 aliphatic heterocycles. The van der Waals surface area contributed by atoms with Crippen LogP contribution in [0.25, 0.3) is 32.7 Å². The number of fused-ring (bicyclic) bond motifs is 3. The molecule has 3 fully saturated rings. The summed E-state index contributed by atoms with van der Waals surface area (Å²) in [7, 11) is 1.73. The molecular formula is C76H95Cl3N12O3. The molecular weight excluding hydrogens is 1240 g/mol. The first kappa shape index (κ1) is 69.3. The molecule has 12 rings (SSSR count). The van der Waals surface area contributed by atoms with E-state index < -0.39 is 0 Å². The highest BCUT2D eigenvalue weighted by molar-refractivity contribution is 6.31. The SMILES string of the molecule is CC(C)(C)NC1CCN(c2cc(NCc3ccc(Cl)cc3)nc3cccc(O)c23)CC1.CC(C)(C)NC1CCN(c2cc(NCc3ccc(Cl)cc3)nc3cccc(O)c23)CC1.COc1cccc2nc(NCc3ccc(Cl)cc3)cc(N3CCC(NC(C)(C)C)CC3)c12. The normalized spacial score (nSPS) is 15.4. The van der Waals surface area contributed by atoms with Gasteiger partial charge in [-0.1, -0.05) is 89.4 Å². The van der Waals surface area contributed by atoms with E-state index in [1.165, 1.54) is 5.69 Å². The number of pyridine rings is 3. The van der Waals surface area contributed by atoms with Gasteiger partial charge in [-0.25, -0.2) is 15.0 Å². The third-order valence-corrected chi connectivity index (χ3v) is 17.9. The molecule has 498 valence electrons. The Kier molecular flexibility index (Phi) is 22.8. The van der Waals surface area contributed by atoms with E-state index in [1.807, 2.05) is 109 Å². The summed E-state index contributed by atoms with van der Waals surface area (Å²) in [5.74, 6) is 3.89. The van der Waals surface area contributed by atoms with Gasteiger partial charge in [0, 0.05) is 127 Å². The van der Waals surface area contributed by atoms with Crippen molar-refractivity contribution in [1.82, 2.24) is 30.9 Å². The smallest absolute Gasteiger partial charge is 0.130 e. The Morgan fingerprint density at radius 3 is 0.968 bits per heavy atom. The quantitative estimate of drug-likeness (QED) is 0.0459. The van der Waals surface area contributed by atoms with Crippen LogP contribution in [0.4, 0.5) is 34.5 Å². The maximum absolute atomic E-state index is 10.6. The number of ether oxygens (including phenoxy) is 1. The van der Waals surface area contributed by atoms with Gasteiger partial charge in [0.25, 0.3) is 0 Å². The number of piperidine rings is 3. The molecule has 0 radical (unpaired) electrons. The van der Waals surface area contributed by atoms with Crippen LogP contribution >= 0.6 is 34.8 Å². The molecule has 8 N–H and O–H groups in total. The van der Waals surface area contributed by atoms with Crippen molar-refractivity contribution in [1.29, 1.82) is 0 Å². The van der Waals surface area contributed by atoms with Gasteiger partial charge in [0.2, 0.25) is 0 Å². The maximum atomic E-state index is 10.6. The van der Waals surface area contributed by atoms with Crippen LogP contribution in [0, 0.1) is 0 Å². The number of phenols is 2. The number of nitrogens with zero attached hydrogens (tertiary/aromatic N) is 6. The van der Waals surface area contributed by atoms with Crippen molar-refractivity contribution in [2.75, 3.05) is 77.0 Å². The number of anilines is 6. The summed E-state index contributed by atoms with van der Waals surface area (Å²) >= 11 is 18.0. The number of aromatic nitrogens is 3. The fraction of sp³-hybridized carbons (Fsp3) is 0.408. The van der Waals surface area contributed by atoms with Crippen molar-refractivity contribution >= 4 is 102 Å². The highest BCUT2D eigenvalue weighted by atomic mass is 35.5. The lowest BCUT2D eigenvalue weighted by molar-refractivity contribution is 0.317. The summed E-state index contributed by atoms with van der Waals surface area (Å²) in [4.78, 5) is 21.6. The number of nitrogens with one attached hydrogen (secondary N) is 6. The van der Waals surface area contributed by atoms with Gasteiger partial charge >= 0.3 is 0 Å². The van der Waals surface area contributed by atoms with Crippen LogP contribution in [-0.2, 0) is 19.6 Å². The van der Waals surface area contributed by atoms with E-state index in [1.54, 1.807) is 19.2 Å². The van der Waals surface area contributed by atoms with Gasteiger partial charge in [0.15, 0.2) is 0 Å². The number of halogens is 3. The molecule has 15 nitrogen and oxygen atoms in total. The minimum absolute atomic E-state index is 0.118. The topological polar surface area (TPSA) is 170 Å². The second-order valence-corrected chi connectivity index (χ2v) is 29.5. The fourth-order valence-electron chi connectivity index (χ4n) is 12.9. The van der Waals surface area contributed by atoms with E-state index in [-0.39, 0.29) is 28.1 Å². The summed E-state index contributed by atoms with van der Waals surface area (Å²) in [6.45, 7) is 27.8. The minimum Gasteiger partial charge on any atom is -0.507 e. The highest BCUT2D eigenvalue weighted by Gasteiger charge is 2.29. The van der Waals surface area contributed by atoms with Gasteiger partial charge in [0.1, 0.15) is 34.7 Å². The number of hydrogen-bond donors (Lipinski definition) is 8. The largest absolute Gasteiger partial charge is 0.507 e. The molecule has 6 heterocycles. The van der Waals surface area contributed by atoms with Crippen LogP contribution in [0.3, 0.4) is 0 Å². The molecule has 0 atom stereocenters. The predicted molar refractivity (Wildman–Crippen MR) is 396 cm³/mol. The van der Waals surface area contributed by atoms with E-state index in [9.17, 15) is 10.2 Å². The molecule has 3 saturated heterocycles. The second kappa shape index (κ2) is 30.9. The summed E-state index contributed by atoms with van der Waals surface area (Å²) in [5, 5.41) is 47.7. The molecule has 0 unspecified atom stereocenters. The van der Waals surface area contributed by atoms with Crippen LogP contribution in [0.5, 0.6) is 17.2 Å². The molecule has 0 bridgehead atoms. The monoisotopic (exact) mass is 1330 g/mol. The predicted octanol–water partition coefficient (Wildman–Crippen LogP) is 17.0. The van der Waals surface area contributed by atoms with Crippen molar-refractivity contribution in [3.05, 3.63) is 177 Å². The summed E-state index contributed by atoms with van der Waals surface area (Å²) in [6, 6.07) is 48.5. The number of rotatable bonds is 16. The van der Waals surface area contributed by atoms with Crippen LogP contribution in [0.2, 0.25) is 15.1 Å². The van der Waals surface area contributed by atoms with Crippen LogP contribution in [0.15, 0.2) is 146 Å². The summed E-state index contributed by atoms with van der Waals surface area (Å²) in [5.41, 5.74) is 9.60. The Morgan fingerprint density at radius 1 is 0.404 bits per heavy atom. The highest BCUT2D eigenvalue weighted by Crippen LogP contribution is 2.40. The minimum atomic E-state index is 0.118. The molecule has 0 spiro atoms. The maximum Gasteiger partial charge on any atom is 0.130 e. The second-order valence-electron chi connectivity index (χ2n) is 28.2. The van der Waals surface area contributed by atoms with Gasteiger partial charge in [-0.2, -0.15) is 0 Å². The summed E-state index contributed by atoms with van der Waals surface area (Å²) < 4.78 is 5.71. The Hall–Kier alpha value is -7.50. The lowest BCUT2D eigenvalue weighted by Gasteiger charge is -2.38. The Labute approximate surface area is 571 Å². The van der Waals surface area contributed by atoms with Crippen molar-refractivity contribution < 1.29 is 14.9 Å². The lowest BCUT2D eigenvalue weighted by Crippen LogP contribution is -2.49. The molecule has 0 saturated carbocycles. The molecule has 3 aromatic heterocycles. The van der Waals surface area contributed by atoms with Crippen LogP contribution < -0.4 is 51.3 Å². The van der Waals surface area contributed by atoms with E-state index >= 15 is 0 Å². The lowest BCUT2D eigenvalue weighted by atomic mass is 9.99. The number of hydrogen-bond acceptors (Lipinski definition) is 15. The van der Waals surface area contributed by atoms with Crippen molar-refractivity contribution in [3.63, 3.8) is 0 Å². The van der Waals surface area contributed by atoms with Gasteiger partial charge in [-0.3, -0.25) is 0 Å².